The van der Waals surface area contributed by atoms with Crippen LogP contribution in [0.5, 0.6) is 0 Å². The van der Waals surface area contributed by atoms with Gasteiger partial charge in [-0.15, -0.1) is 11.3 Å². The normalized spacial score (nSPS) is 12.1. The number of hydrogen-bond donors (Lipinski definition) is 3. The van der Waals surface area contributed by atoms with Crippen molar-refractivity contribution in [3.05, 3.63) is 46.3 Å². The lowest BCUT2D eigenvalue weighted by molar-refractivity contribution is -0.127. The van der Waals surface area contributed by atoms with E-state index in [0.717, 1.165) is 11.3 Å². The molecule has 3 amide bonds. The highest BCUT2D eigenvalue weighted by Crippen LogP contribution is 2.28. The van der Waals surface area contributed by atoms with E-state index >= 15 is 0 Å². The number of nitrogens with two attached hydrogens (primary N) is 1. The lowest BCUT2D eigenvalue weighted by atomic mass is 10.2. The van der Waals surface area contributed by atoms with Gasteiger partial charge < -0.3 is 10.5 Å². The summed E-state index contributed by atoms with van der Waals surface area (Å²) >= 11 is 6.61. The van der Waals surface area contributed by atoms with Crippen molar-refractivity contribution in [3.63, 3.8) is 0 Å². The first-order valence-electron chi connectivity index (χ1n) is 7.28. The number of hydrogen-bond acceptors (Lipinski definition) is 7. The second kappa shape index (κ2) is 8.37. The molecule has 144 valence electrons. The second-order valence-corrected chi connectivity index (χ2v) is 8.73. The van der Waals surface area contributed by atoms with Crippen LogP contribution in [0.15, 0.2) is 40.6 Å². The minimum Gasteiger partial charge on any atom is -0.449 e. The molecule has 0 spiro atoms. The van der Waals surface area contributed by atoms with Gasteiger partial charge in [0.15, 0.2) is 6.10 Å². The van der Waals surface area contributed by atoms with Gasteiger partial charge in [-0.3, -0.25) is 14.8 Å². The van der Waals surface area contributed by atoms with Gasteiger partial charge in [-0.25, -0.2) is 18.0 Å². The Kier molecular flexibility index (Phi) is 6.41. The minimum absolute atomic E-state index is 0.0372. The van der Waals surface area contributed by atoms with E-state index in [4.69, 9.17) is 22.1 Å². The van der Waals surface area contributed by atoms with Crippen LogP contribution in [0.25, 0.3) is 0 Å². The highest BCUT2D eigenvalue weighted by molar-refractivity contribution is 7.94. The Bertz CT molecular complexity index is 989. The molecule has 1 atom stereocenters. The maximum Gasteiger partial charge on any atom is 0.341 e. The highest BCUT2D eigenvalue weighted by atomic mass is 35.5. The molecule has 9 nitrogen and oxygen atoms in total. The Balaban J connectivity index is 2.21. The smallest absolute Gasteiger partial charge is 0.341 e. The van der Waals surface area contributed by atoms with Gasteiger partial charge in [0.05, 0.1) is 15.6 Å². The molecule has 0 aliphatic carbocycles. The summed E-state index contributed by atoms with van der Waals surface area (Å²) < 4.78 is 32.3. The standard InChI is InChI=1S/C15H14ClN3O6S2/c1-8(13(20)18-15(17)22)25-14(21)9-4-2-3-5-10(9)19-27(23,24)12-7-6-11(16)26-12/h2-8,19H,1H3,(H3,17,18,20,22). The van der Waals surface area contributed by atoms with E-state index in [-0.39, 0.29) is 19.8 Å². The molecule has 2 rings (SSSR count). The number of thiophene rings is 1. The molecule has 0 bridgehead atoms. The molecule has 12 heteroatoms. The first-order valence-corrected chi connectivity index (χ1v) is 9.96. The van der Waals surface area contributed by atoms with Crippen LogP contribution >= 0.6 is 22.9 Å². The van der Waals surface area contributed by atoms with E-state index in [1.807, 2.05) is 0 Å². The van der Waals surface area contributed by atoms with Gasteiger partial charge in [-0.1, -0.05) is 23.7 Å². The molecule has 0 saturated heterocycles. The van der Waals surface area contributed by atoms with E-state index in [9.17, 15) is 22.8 Å². The highest BCUT2D eigenvalue weighted by Gasteiger charge is 2.24. The number of ether oxygens (including phenoxy) is 1. The summed E-state index contributed by atoms with van der Waals surface area (Å²) in [6.07, 6.45) is -1.33. The summed E-state index contributed by atoms with van der Waals surface area (Å²) in [4.78, 5) is 34.6. The van der Waals surface area contributed by atoms with Crippen LogP contribution in [-0.4, -0.2) is 32.4 Å². The van der Waals surface area contributed by atoms with Crippen molar-refractivity contribution in [3.8, 4) is 0 Å². The largest absolute Gasteiger partial charge is 0.449 e. The van der Waals surface area contributed by atoms with Crippen molar-refractivity contribution < 1.29 is 27.5 Å². The zero-order chi connectivity index (χ0) is 20.2. The van der Waals surface area contributed by atoms with E-state index in [1.54, 1.807) is 5.32 Å². The van der Waals surface area contributed by atoms with Gasteiger partial charge in [-0.05, 0) is 31.2 Å². The van der Waals surface area contributed by atoms with Gasteiger partial charge >= 0.3 is 12.0 Å². The van der Waals surface area contributed by atoms with Crippen LogP contribution < -0.4 is 15.8 Å². The average molecular weight is 432 g/mol. The number of amides is 3. The molecule has 0 saturated carbocycles. The Morgan fingerprint density at radius 1 is 1.19 bits per heavy atom. The minimum atomic E-state index is -3.97. The molecule has 0 fully saturated rings. The molecular formula is C15H14ClN3O6S2. The fourth-order valence-electron chi connectivity index (χ4n) is 1.89. The van der Waals surface area contributed by atoms with E-state index in [1.165, 1.54) is 43.3 Å². The summed E-state index contributed by atoms with van der Waals surface area (Å²) in [5.41, 5.74) is 4.66. The van der Waals surface area contributed by atoms with Crippen molar-refractivity contribution >= 4 is 56.6 Å². The molecule has 0 aliphatic rings. The molecule has 0 aliphatic heterocycles. The number of halogens is 1. The Hall–Kier alpha value is -2.63. The fourth-order valence-corrected chi connectivity index (χ4v) is 4.45. The van der Waals surface area contributed by atoms with Crippen LogP contribution in [0, 0.1) is 0 Å². The van der Waals surface area contributed by atoms with Gasteiger partial charge in [0.2, 0.25) is 0 Å². The monoisotopic (exact) mass is 431 g/mol. The zero-order valence-electron chi connectivity index (χ0n) is 13.8. The molecule has 1 unspecified atom stereocenters. The summed E-state index contributed by atoms with van der Waals surface area (Å²) in [6.45, 7) is 1.23. The van der Waals surface area contributed by atoms with Crippen LogP contribution in [0.3, 0.4) is 0 Å². The van der Waals surface area contributed by atoms with Crippen LogP contribution in [0.4, 0.5) is 10.5 Å². The number of carbonyl (C=O) groups is 3. The molecular weight excluding hydrogens is 418 g/mol. The summed E-state index contributed by atoms with van der Waals surface area (Å²) in [5, 5.41) is 1.78. The van der Waals surface area contributed by atoms with Gasteiger partial charge in [0.1, 0.15) is 4.21 Å². The Morgan fingerprint density at radius 3 is 2.44 bits per heavy atom. The van der Waals surface area contributed by atoms with E-state index < -0.39 is 34.0 Å². The molecule has 0 radical (unpaired) electrons. The van der Waals surface area contributed by atoms with Crippen molar-refractivity contribution in [2.45, 2.75) is 17.2 Å². The van der Waals surface area contributed by atoms with Gasteiger partial charge in [-0.2, -0.15) is 0 Å². The number of rotatable bonds is 6. The Morgan fingerprint density at radius 2 is 1.85 bits per heavy atom. The number of imide groups is 1. The molecule has 2 aromatic rings. The van der Waals surface area contributed by atoms with Crippen molar-refractivity contribution in [1.82, 2.24) is 5.32 Å². The average Bonchev–Trinajstić information content (AvgIpc) is 3.01. The number of carbonyl (C=O) groups excluding carboxylic acids is 3. The van der Waals surface area contributed by atoms with E-state index in [2.05, 4.69) is 4.72 Å². The SMILES string of the molecule is CC(OC(=O)c1ccccc1NS(=O)(=O)c1ccc(Cl)s1)C(=O)NC(N)=O. The number of primary amides is 1. The van der Waals surface area contributed by atoms with Crippen molar-refractivity contribution in [2.75, 3.05) is 4.72 Å². The lowest BCUT2D eigenvalue weighted by Gasteiger charge is -2.14. The molecule has 4 N–H and O–H groups in total. The maximum absolute atomic E-state index is 12.4. The number of nitrogens with one attached hydrogen (secondary N) is 2. The first-order chi connectivity index (χ1) is 12.6. The Labute approximate surface area is 163 Å². The summed E-state index contributed by atoms with van der Waals surface area (Å²) in [6, 6.07) is 7.35. The van der Waals surface area contributed by atoms with Crippen LogP contribution in [0.1, 0.15) is 17.3 Å². The van der Waals surface area contributed by atoms with Crippen LogP contribution in [0.2, 0.25) is 4.34 Å². The molecule has 1 aromatic carbocycles. The zero-order valence-corrected chi connectivity index (χ0v) is 16.2. The van der Waals surface area contributed by atoms with Gasteiger partial charge in [0, 0.05) is 0 Å². The number of urea groups is 1. The van der Waals surface area contributed by atoms with Crippen molar-refractivity contribution in [1.29, 1.82) is 0 Å². The van der Waals surface area contributed by atoms with Crippen molar-refractivity contribution in [2.24, 2.45) is 5.73 Å². The topological polar surface area (TPSA) is 145 Å². The second-order valence-electron chi connectivity index (χ2n) is 5.11. The summed E-state index contributed by atoms with van der Waals surface area (Å²) in [7, 11) is -3.97. The lowest BCUT2D eigenvalue weighted by Crippen LogP contribution is -2.42. The fraction of sp³-hybridized carbons (Fsp3) is 0.133. The maximum atomic E-state index is 12.4. The third kappa shape index (κ3) is 5.42. The van der Waals surface area contributed by atoms with Gasteiger partial charge in [0.25, 0.3) is 15.9 Å². The van der Waals surface area contributed by atoms with E-state index in [0.29, 0.717) is 0 Å². The number of esters is 1. The number of para-hydroxylation sites is 1. The molecule has 1 heterocycles. The number of anilines is 1. The van der Waals surface area contributed by atoms with Crippen LogP contribution in [-0.2, 0) is 19.6 Å². The summed E-state index contributed by atoms with van der Waals surface area (Å²) in [5.74, 6) is -1.88. The molecule has 1 aromatic heterocycles. The quantitative estimate of drug-likeness (QED) is 0.596. The number of benzene rings is 1. The predicted octanol–water partition coefficient (Wildman–Crippen LogP) is 1.94. The molecule has 27 heavy (non-hydrogen) atoms. The predicted molar refractivity (Wildman–Crippen MR) is 99.2 cm³/mol. The third-order valence-electron chi connectivity index (χ3n) is 3.10. The first kappa shape index (κ1) is 20.7. The third-order valence-corrected chi connectivity index (χ3v) is 6.19. The number of sulfonamides is 1.